The molecule has 1 aromatic carbocycles. The molecule has 0 amide bonds. The monoisotopic (exact) mass is 288 g/mol. The SMILES string of the molecule is Cc1nn2c(C=O)c(-c3cccc([N+](=O)[O-])c3)nc2s1. The van der Waals surface area contributed by atoms with E-state index >= 15 is 0 Å². The summed E-state index contributed by atoms with van der Waals surface area (Å²) in [4.78, 5) is 26.5. The number of hydrogen-bond donors (Lipinski definition) is 0. The van der Waals surface area contributed by atoms with Crippen LogP contribution in [0.3, 0.4) is 0 Å². The molecule has 0 N–H and O–H groups in total. The van der Waals surface area contributed by atoms with Gasteiger partial charge in [0, 0.05) is 17.7 Å². The van der Waals surface area contributed by atoms with E-state index in [4.69, 9.17) is 0 Å². The number of nitro groups is 1. The van der Waals surface area contributed by atoms with Gasteiger partial charge in [0.15, 0.2) is 6.29 Å². The Morgan fingerprint density at radius 1 is 1.45 bits per heavy atom. The molecule has 0 radical (unpaired) electrons. The van der Waals surface area contributed by atoms with E-state index in [2.05, 4.69) is 10.1 Å². The number of aromatic nitrogens is 3. The van der Waals surface area contributed by atoms with Crippen molar-refractivity contribution in [1.82, 2.24) is 14.6 Å². The van der Waals surface area contributed by atoms with Crippen molar-refractivity contribution in [3.8, 4) is 11.3 Å². The first kappa shape index (κ1) is 12.4. The van der Waals surface area contributed by atoms with Crippen LogP contribution >= 0.6 is 11.3 Å². The Morgan fingerprint density at radius 3 is 2.95 bits per heavy atom. The molecule has 2 aromatic heterocycles. The molecule has 8 heteroatoms. The molecule has 7 nitrogen and oxygen atoms in total. The molecule has 2 heterocycles. The van der Waals surface area contributed by atoms with Crippen molar-refractivity contribution >= 4 is 28.3 Å². The van der Waals surface area contributed by atoms with E-state index in [1.165, 1.54) is 28.0 Å². The number of fused-ring (bicyclic) bond motifs is 1. The van der Waals surface area contributed by atoms with Crippen molar-refractivity contribution in [2.24, 2.45) is 0 Å². The molecule has 20 heavy (non-hydrogen) atoms. The molecule has 0 spiro atoms. The molecule has 100 valence electrons. The third-order valence-electron chi connectivity index (χ3n) is 2.78. The van der Waals surface area contributed by atoms with E-state index < -0.39 is 4.92 Å². The van der Waals surface area contributed by atoms with Gasteiger partial charge in [0.2, 0.25) is 4.96 Å². The lowest BCUT2D eigenvalue weighted by molar-refractivity contribution is -0.384. The second-order valence-electron chi connectivity index (χ2n) is 4.09. The Balaban J connectivity index is 2.23. The minimum Gasteiger partial charge on any atom is -0.296 e. The quantitative estimate of drug-likeness (QED) is 0.419. The molecule has 0 saturated heterocycles. The molecule has 0 aliphatic heterocycles. The van der Waals surface area contributed by atoms with Gasteiger partial charge >= 0.3 is 0 Å². The van der Waals surface area contributed by atoms with Crippen molar-refractivity contribution in [2.45, 2.75) is 6.92 Å². The number of carbonyl (C=O) groups is 1. The number of nitrogens with zero attached hydrogens (tertiary/aromatic N) is 4. The van der Waals surface area contributed by atoms with Crippen molar-refractivity contribution in [3.63, 3.8) is 0 Å². The van der Waals surface area contributed by atoms with Crippen LogP contribution in [-0.2, 0) is 0 Å². The summed E-state index contributed by atoms with van der Waals surface area (Å²) in [6, 6.07) is 6.03. The largest absolute Gasteiger partial charge is 0.296 e. The first-order chi connectivity index (χ1) is 9.60. The van der Waals surface area contributed by atoms with Crippen LogP contribution in [0.2, 0.25) is 0 Å². The van der Waals surface area contributed by atoms with Crippen LogP contribution in [0.5, 0.6) is 0 Å². The highest BCUT2D eigenvalue weighted by molar-refractivity contribution is 7.16. The van der Waals surface area contributed by atoms with E-state index in [0.717, 1.165) is 5.01 Å². The topological polar surface area (TPSA) is 90.4 Å². The zero-order valence-electron chi connectivity index (χ0n) is 10.3. The summed E-state index contributed by atoms with van der Waals surface area (Å²) in [6.07, 6.45) is 0.660. The Kier molecular flexibility index (Phi) is 2.79. The van der Waals surface area contributed by atoms with E-state index in [0.29, 0.717) is 28.2 Å². The predicted molar refractivity (Wildman–Crippen MR) is 73.1 cm³/mol. The van der Waals surface area contributed by atoms with Gasteiger partial charge in [-0.3, -0.25) is 14.9 Å². The highest BCUT2D eigenvalue weighted by Gasteiger charge is 2.18. The summed E-state index contributed by atoms with van der Waals surface area (Å²) in [5, 5.41) is 15.8. The number of rotatable bonds is 3. The highest BCUT2D eigenvalue weighted by Crippen LogP contribution is 2.28. The number of nitro benzene ring substituents is 1. The normalized spacial score (nSPS) is 10.8. The first-order valence-corrected chi connectivity index (χ1v) is 6.48. The molecular formula is C12H8N4O3S. The maximum atomic E-state index is 11.3. The number of aryl methyl sites for hydroxylation is 1. The fourth-order valence-electron chi connectivity index (χ4n) is 1.94. The molecular weight excluding hydrogens is 280 g/mol. The second kappa shape index (κ2) is 4.49. The lowest BCUT2D eigenvalue weighted by Crippen LogP contribution is -1.94. The van der Waals surface area contributed by atoms with Gasteiger partial charge in [-0.15, -0.1) is 0 Å². The fraction of sp³-hybridized carbons (Fsp3) is 0.0833. The van der Waals surface area contributed by atoms with Gasteiger partial charge < -0.3 is 0 Å². The molecule has 0 bridgehead atoms. The standard InChI is InChI=1S/C12H8N4O3S/c1-7-14-15-10(6-17)11(13-12(15)20-7)8-3-2-4-9(5-8)16(18)19/h2-6H,1H3. The summed E-state index contributed by atoms with van der Waals surface area (Å²) in [5.74, 6) is 0. The molecule has 0 fully saturated rings. The molecule has 0 saturated carbocycles. The number of carbonyl (C=O) groups excluding carboxylic acids is 1. The van der Waals surface area contributed by atoms with E-state index in [9.17, 15) is 14.9 Å². The van der Waals surface area contributed by atoms with E-state index in [1.54, 1.807) is 12.1 Å². The van der Waals surface area contributed by atoms with Gasteiger partial charge in [-0.2, -0.15) is 9.61 Å². The van der Waals surface area contributed by atoms with E-state index in [-0.39, 0.29) is 5.69 Å². The van der Waals surface area contributed by atoms with Crippen molar-refractivity contribution in [3.05, 3.63) is 45.1 Å². The van der Waals surface area contributed by atoms with Crippen LogP contribution in [0, 0.1) is 17.0 Å². The van der Waals surface area contributed by atoms with Crippen LogP contribution in [0.4, 0.5) is 5.69 Å². The van der Waals surface area contributed by atoms with Crippen LogP contribution in [0.15, 0.2) is 24.3 Å². The van der Waals surface area contributed by atoms with Gasteiger partial charge in [-0.1, -0.05) is 23.5 Å². The summed E-state index contributed by atoms with van der Waals surface area (Å²) in [6.45, 7) is 1.82. The Labute approximate surface area is 116 Å². The number of imidazole rings is 1. The van der Waals surface area contributed by atoms with Crippen LogP contribution in [0.1, 0.15) is 15.5 Å². The molecule has 3 rings (SSSR count). The van der Waals surface area contributed by atoms with Gasteiger partial charge in [-0.05, 0) is 6.92 Å². The van der Waals surface area contributed by atoms with E-state index in [1.807, 2.05) is 6.92 Å². The summed E-state index contributed by atoms with van der Waals surface area (Å²) in [7, 11) is 0. The summed E-state index contributed by atoms with van der Waals surface area (Å²) in [5.41, 5.74) is 1.18. The molecule has 0 atom stereocenters. The van der Waals surface area contributed by atoms with Crippen molar-refractivity contribution in [1.29, 1.82) is 0 Å². The number of benzene rings is 1. The maximum Gasteiger partial charge on any atom is 0.270 e. The van der Waals surface area contributed by atoms with Crippen LogP contribution in [-0.4, -0.2) is 25.8 Å². The zero-order valence-corrected chi connectivity index (χ0v) is 11.1. The number of non-ortho nitro benzene ring substituents is 1. The van der Waals surface area contributed by atoms with Crippen molar-refractivity contribution < 1.29 is 9.72 Å². The van der Waals surface area contributed by atoms with Crippen molar-refractivity contribution in [2.75, 3.05) is 0 Å². The van der Waals surface area contributed by atoms with Gasteiger partial charge in [-0.25, -0.2) is 4.98 Å². The van der Waals surface area contributed by atoms with Crippen LogP contribution < -0.4 is 0 Å². The average molecular weight is 288 g/mol. The summed E-state index contributed by atoms with van der Waals surface area (Å²) < 4.78 is 1.46. The third kappa shape index (κ3) is 1.86. The van der Waals surface area contributed by atoms with Gasteiger partial charge in [0.1, 0.15) is 16.4 Å². The smallest absolute Gasteiger partial charge is 0.270 e. The molecule has 0 aliphatic carbocycles. The molecule has 3 aromatic rings. The molecule has 0 aliphatic rings. The number of hydrogen-bond acceptors (Lipinski definition) is 6. The fourth-order valence-corrected chi connectivity index (χ4v) is 2.69. The second-order valence-corrected chi connectivity index (χ2v) is 5.25. The Morgan fingerprint density at radius 2 is 2.25 bits per heavy atom. The maximum absolute atomic E-state index is 11.3. The lowest BCUT2D eigenvalue weighted by Gasteiger charge is -1.98. The Bertz CT molecular complexity index is 836. The Hall–Kier alpha value is -2.61. The molecule has 0 unspecified atom stereocenters. The minimum atomic E-state index is -0.481. The lowest BCUT2D eigenvalue weighted by atomic mass is 10.1. The average Bonchev–Trinajstić information content (AvgIpc) is 2.94. The van der Waals surface area contributed by atoms with Crippen LogP contribution in [0.25, 0.3) is 16.2 Å². The summed E-state index contributed by atoms with van der Waals surface area (Å²) >= 11 is 1.36. The third-order valence-corrected chi connectivity index (χ3v) is 3.61. The van der Waals surface area contributed by atoms with Gasteiger partial charge in [0.25, 0.3) is 5.69 Å². The van der Waals surface area contributed by atoms with Gasteiger partial charge in [0.05, 0.1) is 4.92 Å². The minimum absolute atomic E-state index is 0.0418. The predicted octanol–water partition coefficient (Wildman–Crippen LogP) is 2.49. The number of aldehydes is 1. The zero-order chi connectivity index (χ0) is 14.3. The highest BCUT2D eigenvalue weighted by atomic mass is 32.1. The first-order valence-electron chi connectivity index (χ1n) is 5.66.